The average Bonchev–Trinajstić information content (AvgIpc) is 4.08. The Morgan fingerprint density at radius 1 is 0.899 bits per heavy atom. The molecule has 0 spiro atoms. The molecule has 1 aromatic heterocycles. The van der Waals surface area contributed by atoms with Crippen molar-refractivity contribution >= 4 is 36.5 Å². The molecule has 5 nitrogen and oxygen atoms in total. The second kappa shape index (κ2) is 16.1. The summed E-state index contributed by atoms with van der Waals surface area (Å²) in [6, 6.07) is 19.2. The van der Waals surface area contributed by atoms with E-state index < -0.39 is 8.07 Å². The highest BCUT2D eigenvalue weighted by Gasteiger charge is 2.72. The lowest BCUT2D eigenvalue weighted by atomic mass is 9.59. The molecule has 0 saturated carbocycles. The first kappa shape index (κ1) is 44.7. The molecule has 0 bridgehead atoms. The molecule has 2 N–H and O–H groups in total. The van der Waals surface area contributed by atoms with E-state index in [9.17, 15) is 0 Å². The number of thioether (sulfide) groups is 1. The molecular weight excluding hydrogens is 877 g/mol. The van der Waals surface area contributed by atoms with Crippen molar-refractivity contribution in [2.24, 2.45) is 28.9 Å². The molecule has 5 aliphatic heterocycles. The van der Waals surface area contributed by atoms with Crippen LogP contribution in [0.1, 0.15) is 109 Å². The van der Waals surface area contributed by atoms with Crippen LogP contribution in [-0.4, -0.2) is 64.9 Å². The lowest BCUT2D eigenvalue weighted by molar-refractivity contribution is -0.0237. The van der Waals surface area contributed by atoms with Gasteiger partial charge in [0.25, 0.3) is 0 Å². The standard InChI is InChI=1S/C62H74N4OSSi/c1-9-61(4)47-23-13-10-20-42(47)51-34-44(37(2)3)54(69(6,7)8)36-64(51)60(61)57-46-33-45(39-31-29-38(35-63)30-32-39)55-43-21-12-17-28-53(43)68-59(55)56(46)62(5)65(48-24-14-15-25-49(48)66(57)62)50-26-18-22-41-40-19-11-16-27-52(40)67-58(41)50/h10-12,14,16-17,19-21,24,26-29,31,33-34,37,46,51,54-57,59-60H,9,13,15,18,22-23,25,30,32,35-36,63H2,1-8H3. The molecule has 6 heterocycles. The zero-order valence-electron chi connectivity index (χ0n) is 42.5. The van der Waals surface area contributed by atoms with Crippen LogP contribution in [0.2, 0.25) is 25.2 Å². The maximum absolute atomic E-state index is 7.14. The van der Waals surface area contributed by atoms with E-state index in [1.165, 1.54) is 50.4 Å². The minimum absolute atomic E-state index is 0.0155. The number of nitrogens with zero attached hydrogens (tertiary/aromatic N) is 3. The maximum Gasteiger partial charge on any atom is 0.154 e. The first-order chi connectivity index (χ1) is 33.4. The highest BCUT2D eigenvalue weighted by molar-refractivity contribution is 8.00. The molecule has 0 radical (unpaired) electrons. The van der Waals surface area contributed by atoms with Crippen LogP contribution in [0.3, 0.4) is 0 Å². The molecule has 3 aromatic rings. The van der Waals surface area contributed by atoms with Gasteiger partial charge >= 0.3 is 0 Å². The number of rotatable bonds is 7. The molecule has 1 saturated heterocycles. The van der Waals surface area contributed by atoms with Crippen molar-refractivity contribution in [2.45, 2.75) is 157 Å². The molecule has 5 aliphatic carbocycles. The van der Waals surface area contributed by atoms with Crippen LogP contribution < -0.4 is 5.73 Å². The largest absolute Gasteiger partial charge is 0.454 e. The summed E-state index contributed by atoms with van der Waals surface area (Å²) in [5.41, 5.74) is 24.4. The Balaban J connectivity index is 1.09. The predicted molar refractivity (Wildman–Crippen MR) is 290 cm³/mol. The summed E-state index contributed by atoms with van der Waals surface area (Å²) in [6.45, 7) is 22.7. The Kier molecular flexibility index (Phi) is 10.4. The molecule has 69 heavy (non-hydrogen) atoms. The number of furan rings is 1. The Morgan fingerprint density at radius 2 is 1.70 bits per heavy atom. The van der Waals surface area contributed by atoms with E-state index in [-0.39, 0.29) is 17.1 Å². The first-order valence-corrected chi connectivity index (χ1v) is 31.5. The summed E-state index contributed by atoms with van der Waals surface area (Å²) in [7, 11) is -1.65. The SMILES string of the molecule is CCC1(C)C2=C(C=CCC2)C2C=C(C(C)C)C([Si](C)(C)C)CN2C1C1C2C=C(C3=CC=C(CN)CC3)C3c4ccccc4SC3C2C2(C)N(C3=CCCc4c3oc3ccccc43)C3=C(CCC=C3)N12. The molecule has 10 aliphatic rings. The summed E-state index contributed by atoms with van der Waals surface area (Å²) in [6.07, 6.45) is 33.1. The Bertz CT molecular complexity index is 2970. The first-order valence-electron chi connectivity index (χ1n) is 27.0. The zero-order valence-corrected chi connectivity index (χ0v) is 44.3. The number of allylic oxidation sites excluding steroid dienone is 9. The summed E-state index contributed by atoms with van der Waals surface area (Å²) < 4.78 is 7.14. The van der Waals surface area contributed by atoms with E-state index in [1.807, 2.05) is 0 Å². The van der Waals surface area contributed by atoms with Crippen molar-refractivity contribution < 1.29 is 4.42 Å². The number of fused-ring (bicyclic) bond motifs is 13. The molecule has 10 atom stereocenters. The highest BCUT2D eigenvalue weighted by atomic mass is 32.2. The van der Waals surface area contributed by atoms with E-state index in [4.69, 9.17) is 10.2 Å². The smallest absolute Gasteiger partial charge is 0.154 e. The van der Waals surface area contributed by atoms with Gasteiger partial charge in [-0.25, -0.2) is 0 Å². The Morgan fingerprint density at radius 3 is 2.48 bits per heavy atom. The summed E-state index contributed by atoms with van der Waals surface area (Å²) in [5, 5.41) is 1.64. The van der Waals surface area contributed by atoms with E-state index in [0.717, 1.165) is 69.3 Å². The zero-order chi connectivity index (χ0) is 47.3. The third kappa shape index (κ3) is 6.27. The predicted octanol–water partition coefficient (Wildman–Crippen LogP) is 14.5. The van der Waals surface area contributed by atoms with Gasteiger partial charge in [0.05, 0.1) is 31.6 Å². The summed E-state index contributed by atoms with van der Waals surface area (Å²) in [5.74, 6) is 2.59. The fourth-order valence-electron chi connectivity index (χ4n) is 16.3. The van der Waals surface area contributed by atoms with Crippen LogP contribution in [0.4, 0.5) is 0 Å². The van der Waals surface area contributed by atoms with Crippen molar-refractivity contribution in [2.75, 3.05) is 13.1 Å². The number of para-hydroxylation sites is 1. The minimum Gasteiger partial charge on any atom is -0.454 e. The van der Waals surface area contributed by atoms with Crippen LogP contribution in [0.15, 0.2) is 157 Å². The van der Waals surface area contributed by atoms with Gasteiger partial charge < -0.3 is 20.0 Å². The minimum atomic E-state index is -1.65. The molecule has 1 fully saturated rings. The topological polar surface area (TPSA) is 48.9 Å². The fourth-order valence-corrected chi connectivity index (χ4v) is 20.3. The second-order valence-corrected chi connectivity index (χ2v) is 30.8. The second-order valence-electron chi connectivity index (χ2n) is 24.1. The van der Waals surface area contributed by atoms with Crippen LogP contribution in [-0.2, 0) is 6.42 Å². The molecule has 0 amide bonds. The van der Waals surface area contributed by atoms with Gasteiger partial charge in [0.15, 0.2) is 5.76 Å². The van der Waals surface area contributed by atoms with Crippen molar-refractivity contribution in [3.05, 3.63) is 165 Å². The van der Waals surface area contributed by atoms with Gasteiger partial charge in [-0.15, -0.1) is 11.8 Å². The average molecular weight is 951 g/mol. The van der Waals surface area contributed by atoms with E-state index in [0.29, 0.717) is 53.1 Å². The van der Waals surface area contributed by atoms with Crippen molar-refractivity contribution in [1.29, 1.82) is 0 Å². The van der Waals surface area contributed by atoms with E-state index >= 15 is 0 Å². The number of hydrogen-bond acceptors (Lipinski definition) is 6. The molecule has 7 heteroatoms. The van der Waals surface area contributed by atoms with Crippen molar-refractivity contribution in [1.82, 2.24) is 14.7 Å². The number of hydrogen-bond donors (Lipinski definition) is 1. The molecule has 2 aromatic carbocycles. The van der Waals surface area contributed by atoms with Gasteiger partial charge in [-0.05, 0) is 117 Å². The van der Waals surface area contributed by atoms with Crippen LogP contribution in [0.5, 0.6) is 0 Å². The molecule has 13 rings (SSSR count). The molecule has 358 valence electrons. The van der Waals surface area contributed by atoms with E-state index in [2.05, 4.69) is 184 Å². The van der Waals surface area contributed by atoms with Crippen LogP contribution in [0.25, 0.3) is 16.7 Å². The summed E-state index contributed by atoms with van der Waals surface area (Å²) >= 11 is 2.22. The third-order valence-electron chi connectivity index (χ3n) is 19.5. The number of benzene rings is 2. The summed E-state index contributed by atoms with van der Waals surface area (Å²) in [4.78, 5) is 10.7. The van der Waals surface area contributed by atoms with Gasteiger partial charge in [0.2, 0.25) is 0 Å². The molecular formula is C62H74N4OSSi. The normalized spacial score (nSPS) is 34.6. The van der Waals surface area contributed by atoms with Crippen LogP contribution in [0, 0.1) is 23.2 Å². The van der Waals surface area contributed by atoms with Gasteiger partial charge in [-0.3, -0.25) is 4.90 Å². The van der Waals surface area contributed by atoms with Crippen molar-refractivity contribution in [3.63, 3.8) is 0 Å². The quantitative estimate of drug-likeness (QED) is 0.188. The van der Waals surface area contributed by atoms with Gasteiger partial charge in [-0.2, -0.15) is 0 Å². The lowest BCUT2D eigenvalue weighted by Gasteiger charge is -2.61. The van der Waals surface area contributed by atoms with E-state index in [1.54, 1.807) is 28.0 Å². The fraction of sp³-hybridized carbons (Fsp3) is 0.484. The van der Waals surface area contributed by atoms with Gasteiger partial charge in [0.1, 0.15) is 11.2 Å². The highest BCUT2D eigenvalue weighted by Crippen LogP contribution is 2.70. The van der Waals surface area contributed by atoms with Crippen LogP contribution >= 0.6 is 11.8 Å². The van der Waals surface area contributed by atoms with Gasteiger partial charge in [0, 0.05) is 69.1 Å². The van der Waals surface area contributed by atoms with Crippen molar-refractivity contribution in [3.8, 4) is 0 Å². The van der Waals surface area contributed by atoms with Gasteiger partial charge in [-0.1, -0.05) is 149 Å². The Hall–Kier alpha value is -4.27. The Labute approximate surface area is 417 Å². The number of nitrogens with two attached hydrogens (primary N) is 1. The lowest BCUT2D eigenvalue weighted by Crippen LogP contribution is -2.67. The monoisotopic (exact) mass is 951 g/mol. The number of aryl methyl sites for hydroxylation is 1. The molecule has 10 unspecified atom stereocenters. The maximum atomic E-state index is 7.14. The third-order valence-corrected chi connectivity index (χ3v) is 23.6.